The van der Waals surface area contributed by atoms with E-state index < -0.39 is 0 Å². The Bertz CT molecular complexity index is 612. The monoisotopic (exact) mass is 270 g/mol. The highest BCUT2D eigenvalue weighted by atomic mass is 32.2. The maximum absolute atomic E-state index is 9.43. The zero-order valence-corrected chi connectivity index (χ0v) is 11.2. The number of nitriles is 1. The van der Waals surface area contributed by atoms with Crippen molar-refractivity contribution in [3.63, 3.8) is 0 Å². The van der Waals surface area contributed by atoms with Crippen molar-refractivity contribution in [2.24, 2.45) is 11.5 Å². The molecule has 0 saturated carbocycles. The highest BCUT2D eigenvalue weighted by molar-refractivity contribution is 8.03. The second kappa shape index (κ2) is 4.56. The lowest BCUT2D eigenvalue weighted by molar-refractivity contribution is 0.464. The summed E-state index contributed by atoms with van der Waals surface area (Å²) >= 11 is 1.71. The van der Waals surface area contributed by atoms with Gasteiger partial charge >= 0.3 is 0 Å². The number of thioether (sulfide) groups is 1. The van der Waals surface area contributed by atoms with E-state index in [1.807, 2.05) is 35.2 Å². The average molecular weight is 270 g/mol. The summed E-state index contributed by atoms with van der Waals surface area (Å²) in [6.45, 7) is 0.819. The Morgan fingerprint density at radius 1 is 1.26 bits per heavy atom. The maximum Gasteiger partial charge on any atom is 0.119 e. The Morgan fingerprint density at radius 3 is 2.68 bits per heavy atom. The lowest BCUT2D eigenvalue weighted by Crippen LogP contribution is -2.34. The zero-order valence-electron chi connectivity index (χ0n) is 10.3. The molecule has 0 aromatic heterocycles. The molecule has 2 aliphatic rings. The molecule has 0 aliphatic carbocycles. The Kier molecular flexibility index (Phi) is 2.88. The number of allylic oxidation sites excluding steroid dienone is 1. The number of hydrogen-bond acceptors (Lipinski definition) is 5. The third-order valence-electron chi connectivity index (χ3n) is 3.47. The van der Waals surface area contributed by atoms with Gasteiger partial charge in [0, 0.05) is 12.3 Å². The van der Waals surface area contributed by atoms with Crippen LogP contribution < -0.4 is 11.5 Å². The molecule has 4 nitrogen and oxygen atoms in total. The zero-order chi connectivity index (χ0) is 13.4. The van der Waals surface area contributed by atoms with E-state index in [2.05, 4.69) is 6.07 Å². The molecule has 2 heterocycles. The Labute approximate surface area is 116 Å². The molecule has 1 atom stereocenters. The second-order valence-corrected chi connectivity index (χ2v) is 5.60. The van der Waals surface area contributed by atoms with Crippen molar-refractivity contribution < 1.29 is 0 Å². The van der Waals surface area contributed by atoms with Crippen molar-refractivity contribution in [1.29, 1.82) is 5.26 Å². The Hall–Kier alpha value is -2.06. The predicted molar refractivity (Wildman–Crippen MR) is 76.4 cm³/mol. The van der Waals surface area contributed by atoms with Crippen molar-refractivity contribution in [2.45, 2.75) is 5.92 Å². The molecule has 3 rings (SSSR count). The van der Waals surface area contributed by atoms with Crippen molar-refractivity contribution in [3.8, 4) is 6.07 Å². The van der Waals surface area contributed by atoms with Gasteiger partial charge in [-0.1, -0.05) is 30.3 Å². The molecule has 1 aromatic carbocycles. The first-order valence-corrected chi connectivity index (χ1v) is 7.07. The van der Waals surface area contributed by atoms with Crippen LogP contribution in [-0.2, 0) is 0 Å². The third-order valence-corrected chi connectivity index (χ3v) is 4.58. The standard InChI is InChI=1S/C14H14N4S/c15-8-10-11(9-4-2-1-3-5-9)12(16)14-18(13(10)17)6-7-19-14/h1-5,11H,6-7,16-17H2. The number of rotatable bonds is 1. The molecule has 4 N–H and O–H groups in total. The summed E-state index contributed by atoms with van der Waals surface area (Å²) in [7, 11) is 0. The summed E-state index contributed by atoms with van der Waals surface area (Å²) in [5.41, 5.74) is 14.7. The van der Waals surface area contributed by atoms with E-state index in [9.17, 15) is 5.26 Å². The van der Waals surface area contributed by atoms with Crippen molar-refractivity contribution in [1.82, 2.24) is 4.90 Å². The van der Waals surface area contributed by atoms with Crippen molar-refractivity contribution in [3.05, 3.63) is 58.0 Å². The lowest BCUT2D eigenvalue weighted by Gasteiger charge is -2.32. The van der Waals surface area contributed by atoms with Crippen LogP contribution in [0, 0.1) is 11.3 Å². The summed E-state index contributed by atoms with van der Waals surface area (Å²) < 4.78 is 0. The van der Waals surface area contributed by atoms with Gasteiger partial charge in [-0.05, 0) is 5.56 Å². The Morgan fingerprint density at radius 2 is 2.00 bits per heavy atom. The van der Waals surface area contributed by atoms with E-state index in [1.54, 1.807) is 11.8 Å². The molecule has 1 fully saturated rings. The molecule has 5 heteroatoms. The van der Waals surface area contributed by atoms with Crippen LogP contribution in [0.5, 0.6) is 0 Å². The number of nitrogens with two attached hydrogens (primary N) is 2. The van der Waals surface area contributed by atoms with Gasteiger partial charge in [0.15, 0.2) is 0 Å². The molecule has 1 unspecified atom stereocenters. The van der Waals surface area contributed by atoms with E-state index in [0.717, 1.165) is 28.6 Å². The quantitative estimate of drug-likeness (QED) is 0.811. The molecule has 96 valence electrons. The normalized spacial score (nSPS) is 22.5. The maximum atomic E-state index is 9.43. The van der Waals surface area contributed by atoms with E-state index in [1.165, 1.54) is 0 Å². The van der Waals surface area contributed by atoms with Crippen LogP contribution >= 0.6 is 11.8 Å². The predicted octanol–water partition coefficient (Wildman–Crippen LogP) is 1.65. The first-order valence-electron chi connectivity index (χ1n) is 6.08. The number of fused-ring (bicyclic) bond motifs is 1. The SMILES string of the molecule is N#CC1=C(N)N2CCSC2=C(N)C1c1ccccc1. The van der Waals surface area contributed by atoms with Gasteiger partial charge in [0.2, 0.25) is 0 Å². The topological polar surface area (TPSA) is 79.1 Å². The Balaban J connectivity index is 2.17. The van der Waals surface area contributed by atoms with Crippen LogP contribution in [0.15, 0.2) is 52.5 Å². The molecule has 1 aromatic rings. The van der Waals surface area contributed by atoms with Gasteiger partial charge in [0.25, 0.3) is 0 Å². The number of hydrogen-bond donors (Lipinski definition) is 2. The van der Waals surface area contributed by atoms with Gasteiger partial charge in [-0.2, -0.15) is 5.26 Å². The van der Waals surface area contributed by atoms with Crippen LogP contribution in [0.4, 0.5) is 0 Å². The molecular formula is C14H14N4S. The molecule has 0 bridgehead atoms. The van der Waals surface area contributed by atoms with E-state index in [0.29, 0.717) is 11.4 Å². The minimum absolute atomic E-state index is 0.219. The van der Waals surface area contributed by atoms with Gasteiger partial charge < -0.3 is 16.4 Å². The summed E-state index contributed by atoms with van der Waals surface area (Å²) in [5, 5.41) is 10.4. The van der Waals surface area contributed by atoms with Gasteiger partial charge in [-0.25, -0.2) is 0 Å². The van der Waals surface area contributed by atoms with Crippen LogP contribution in [0.1, 0.15) is 11.5 Å². The smallest absolute Gasteiger partial charge is 0.119 e. The molecule has 0 amide bonds. The molecule has 19 heavy (non-hydrogen) atoms. The van der Waals surface area contributed by atoms with Crippen LogP contribution in [0.2, 0.25) is 0 Å². The summed E-state index contributed by atoms with van der Waals surface area (Å²) in [6, 6.07) is 12.1. The summed E-state index contributed by atoms with van der Waals surface area (Å²) in [5.74, 6) is 1.28. The van der Waals surface area contributed by atoms with Gasteiger partial charge in [-0.3, -0.25) is 0 Å². The molecular weight excluding hydrogens is 256 g/mol. The van der Waals surface area contributed by atoms with Crippen LogP contribution in [0.25, 0.3) is 0 Å². The summed E-state index contributed by atoms with van der Waals surface area (Å²) in [4.78, 5) is 1.96. The average Bonchev–Trinajstić information content (AvgIpc) is 2.93. The summed E-state index contributed by atoms with van der Waals surface area (Å²) in [6.07, 6.45) is 0. The van der Waals surface area contributed by atoms with Crippen molar-refractivity contribution >= 4 is 11.8 Å². The molecule has 2 aliphatic heterocycles. The number of nitrogens with zero attached hydrogens (tertiary/aromatic N) is 2. The van der Waals surface area contributed by atoms with Gasteiger partial charge in [-0.15, -0.1) is 11.8 Å². The highest BCUT2D eigenvalue weighted by Crippen LogP contribution is 2.43. The third kappa shape index (κ3) is 1.76. The van der Waals surface area contributed by atoms with Crippen molar-refractivity contribution in [2.75, 3.05) is 12.3 Å². The highest BCUT2D eigenvalue weighted by Gasteiger charge is 2.36. The van der Waals surface area contributed by atoms with E-state index >= 15 is 0 Å². The molecule has 1 saturated heterocycles. The fourth-order valence-corrected chi connectivity index (χ4v) is 3.67. The van der Waals surface area contributed by atoms with Crippen LogP contribution in [0.3, 0.4) is 0 Å². The van der Waals surface area contributed by atoms with E-state index in [-0.39, 0.29) is 5.92 Å². The van der Waals surface area contributed by atoms with Crippen LogP contribution in [-0.4, -0.2) is 17.2 Å². The van der Waals surface area contributed by atoms with E-state index in [4.69, 9.17) is 11.5 Å². The molecule has 0 radical (unpaired) electrons. The van der Waals surface area contributed by atoms with Gasteiger partial charge in [0.1, 0.15) is 5.82 Å². The largest absolute Gasteiger partial charge is 0.399 e. The first-order chi connectivity index (χ1) is 9.24. The lowest BCUT2D eigenvalue weighted by atomic mass is 9.87. The second-order valence-electron chi connectivity index (χ2n) is 4.52. The fourth-order valence-electron chi connectivity index (χ4n) is 2.57. The minimum atomic E-state index is -0.219. The number of benzene rings is 1. The minimum Gasteiger partial charge on any atom is -0.399 e. The van der Waals surface area contributed by atoms with Gasteiger partial charge in [0.05, 0.1) is 28.3 Å². The fraction of sp³-hybridized carbons (Fsp3) is 0.214. The molecule has 0 spiro atoms. The first kappa shape index (κ1) is 12.0.